The van der Waals surface area contributed by atoms with Gasteiger partial charge in [-0.3, -0.25) is 4.79 Å². The molecule has 1 aromatic rings. The van der Waals surface area contributed by atoms with Crippen molar-refractivity contribution in [2.75, 3.05) is 5.32 Å². The van der Waals surface area contributed by atoms with Gasteiger partial charge >= 0.3 is 6.09 Å². The van der Waals surface area contributed by atoms with E-state index in [-0.39, 0.29) is 12.5 Å². The molecule has 0 saturated carbocycles. The van der Waals surface area contributed by atoms with Gasteiger partial charge in [-0.15, -0.1) is 0 Å². The van der Waals surface area contributed by atoms with E-state index in [0.29, 0.717) is 5.69 Å². The number of primary amides is 1. The summed E-state index contributed by atoms with van der Waals surface area (Å²) in [6.45, 7) is 3.46. The van der Waals surface area contributed by atoms with E-state index >= 15 is 0 Å². The Morgan fingerprint density at radius 1 is 1.38 bits per heavy atom. The molecule has 0 unspecified atom stereocenters. The van der Waals surface area contributed by atoms with Crippen LogP contribution in [0.4, 0.5) is 10.5 Å². The summed E-state index contributed by atoms with van der Waals surface area (Å²) in [7, 11) is 0. The van der Waals surface area contributed by atoms with Crippen molar-refractivity contribution in [3.05, 3.63) is 42.5 Å². The molecule has 0 aliphatic rings. The van der Waals surface area contributed by atoms with Crippen LogP contribution >= 0.6 is 0 Å². The number of rotatable bonds is 4. The van der Waals surface area contributed by atoms with Crippen molar-refractivity contribution in [3.8, 4) is 0 Å². The molecule has 0 radical (unpaired) electrons. The second kappa shape index (κ2) is 5.55. The Morgan fingerprint density at radius 2 is 2.00 bits per heavy atom. The Bertz CT molecular complexity index is 398. The third-order valence-corrected chi connectivity index (χ3v) is 1.79. The van der Waals surface area contributed by atoms with Crippen LogP contribution in [0.2, 0.25) is 0 Å². The number of anilines is 1. The molecule has 0 heterocycles. The number of carbonyl (C=O) groups excluding carboxylic acids is 2. The van der Waals surface area contributed by atoms with Crippen LogP contribution in [0.25, 0.3) is 0 Å². The first-order valence-electron chi connectivity index (χ1n) is 4.56. The average molecular weight is 220 g/mol. The van der Waals surface area contributed by atoms with Crippen LogP contribution in [-0.4, -0.2) is 12.0 Å². The van der Waals surface area contributed by atoms with Gasteiger partial charge in [0.2, 0.25) is 5.91 Å². The van der Waals surface area contributed by atoms with Crippen LogP contribution in [0, 0.1) is 0 Å². The van der Waals surface area contributed by atoms with Crippen LogP contribution in [-0.2, 0) is 16.1 Å². The molecule has 0 aliphatic heterocycles. The summed E-state index contributed by atoms with van der Waals surface area (Å²) in [6, 6.07) is 6.84. The molecule has 5 heteroatoms. The summed E-state index contributed by atoms with van der Waals surface area (Å²) < 4.78 is 4.61. The topological polar surface area (TPSA) is 81.4 Å². The Morgan fingerprint density at radius 3 is 2.50 bits per heavy atom. The summed E-state index contributed by atoms with van der Waals surface area (Å²) in [4.78, 5) is 21.3. The summed E-state index contributed by atoms with van der Waals surface area (Å²) in [5, 5.41) is 2.59. The van der Waals surface area contributed by atoms with Crippen LogP contribution < -0.4 is 11.1 Å². The first kappa shape index (κ1) is 11.8. The van der Waals surface area contributed by atoms with Crippen molar-refractivity contribution >= 4 is 17.7 Å². The smallest absolute Gasteiger partial charge is 0.404 e. The normalized spacial score (nSPS) is 9.25. The van der Waals surface area contributed by atoms with Gasteiger partial charge in [-0.2, -0.15) is 0 Å². The van der Waals surface area contributed by atoms with Crippen molar-refractivity contribution < 1.29 is 14.3 Å². The highest BCUT2D eigenvalue weighted by atomic mass is 16.5. The van der Waals surface area contributed by atoms with Gasteiger partial charge in [0.25, 0.3) is 0 Å². The maximum absolute atomic E-state index is 11.0. The minimum absolute atomic E-state index is 0.116. The molecule has 5 nitrogen and oxygen atoms in total. The maximum Gasteiger partial charge on any atom is 0.404 e. The molecule has 1 rings (SSSR count). The molecule has 0 atom stereocenters. The third kappa shape index (κ3) is 3.83. The average Bonchev–Trinajstić information content (AvgIpc) is 2.28. The molecule has 3 N–H and O–H groups in total. The van der Waals surface area contributed by atoms with Gasteiger partial charge in [-0.25, -0.2) is 4.79 Å². The van der Waals surface area contributed by atoms with E-state index in [1.165, 1.54) is 6.08 Å². The number of ether oxygens (including phenoxy) is 1. The summed E-state index contributed by atoms with van der Waals surface area (Å²) in [5.41, 5.74) is 6.26. The monoisotopic (exact) mass is 220 g/mol. The molecule has 0 bridgehead atoms. The highest BCUT2D eigenvalue weighted by molar-refractivity contribution is 5.98. The van der Waals surface area contributed by atoms with Crippen molar-refractivity contribution in [1.29, 1.82) is 0 Å². The highest BCUT2D eigenvalue weighted by Crippen LogP contribution is 2.10. The Labute approximate surface area is 92.9 Å². The lowest BCUT2D eigenvalue weighted by atomic mass is 10.2. The molecule has 16 heavy (non-hydrogen) atoms. The van der Waals surface area contributed by atoms with Crippen LogP contribution in [0.15, 0.2) is 36.9 Å². The molecular weight excluding hydrogens is 208 g/mol. The van der Waals surface area contributed by atoms with Crippen LogP contribution in [0.5, 0.6) is 0 Å². The Kier molecular flexibility index (Phi) is 4.08. The predicted octanol–water partition coefficient (Wildman–Crippen LogP) is 1.41. The third-order valence-electron chi connectivity index (χ3n) is 1.79. The molecule has 0 fully saturated rings. The summed E-state index contributed by atoms with van der Waals surface area (Å²) >= 11 is 0. The fraction of sp³-hybridized carbons (Fsp3) is 0.0909. The second-order valence-corrected chi connectivity index (χ2v) is 3.00. The van der Waals surface area contributed by atoms with Crippen LogP contribution in [0.3, 0.4) is 0 Å². The van der Waals surface area contributed by atoms with Crippen molar-refractivity contribution in [1.82, 2.24) is 0 Å². The van der Waals surface area contributed by atoms with Gasteiger partial charge in [0, 0.05) is 5.69 Å². The lowest BCUT2D eigenvalue weighted by Gasteiger charge is -2.04. The van der Waals surface area contributed by atoms with Crippen molar-refractivity contribution in [3.63, 3.8) is 0 Å². The minimum Gasteiger partial charge on any atom is -0.445 e. The number of hydrogen-bond donors (Lipinski definition) is 2. The quantitative estimate of drug-likeness (QED) is 0.752. The number of hydrogen-bond acceptors (Lipinski definition) is 3. The molecule has 0 spiro atoms. The molecule has 2 amide bonds. The molecule has 84 valence electrons. The van der Waals surface area contributed by atoms with E-state index in [2.05, 4.69) is 16.6 Å². The number of amides is 2. The zero-order valence-corrected chi connectivity index (χ0v) is 8.60. The lowest BCUT2D eigenvalue weighted by Crippen LogP contribution is -2.12. The highest BCUT2D eigenvalue weighted by Gasteiger charge is 1.99. The van der Waals surface area contributed by atoms with Crippen LogP contribution in [0.1, 0.15) is 5.56 Å². The standard InChI is InChI=1S/C11H12N2O3/c1-2-10(14)13-9-5-3-8(4-6-9)7-16-11(12)15/h2-6H,1,7H2,(H2,12,15)(H,13,14). The number of nitrogens with one attached hydrogen (secondary N) is 1. The number of carbonyl (C=O) groups is 2. The molecule has 0 aliphatic carbocycles. The fourth-order valence-electron chi connectivity index (χ4n) is 1.03. The molecule has 0 aromatic heterocycles. The maximum atomic E-state index is 11.0. The van der Waals surface area contributed by atoms with E-state index in [1.54, 1.807) is 24.3 Å². The van der Waals surface area contributed by atoms with Gasteiger partial charge in [0.05, 0.1) is 0 Å². The zero-order chi connectivity index (χ0) is 12.0. The van der Waals surface area contributed by atoms with E-state index in [0.717, 1.165) is 5.56 Å². The second-order valence-electron chi connectivity index (χ2n) is 3.00. The van der Waals surface area contributed by atoms with E-state index in [9.17, 15) is 9.59 Å². The van der Waals surface area contributed by atoms with Gasteiger partial charge in [0.1, 0.15) is 6.61 Å². The van der Waals surface area contributed by atoms with Gasteiger partial charge in [-0.1, -0.05) is 18.7 Å². The summed E-state index contributed by atoms with van der Waals surface area (Å²) in [6.07, 6.45) is 0.369. The number of nitrogens with two attached hydrogens (primary N) is 1. The SMILES string of the molecule is C=CC(=O)Nc1ccc(COC(N)=O)cc1. The Balaban J connectivity index is 2.57. The van der Waals surface area contributed by atoms with E-state index < -0.39 is 6.09 Å². The predicted molar refractivity (Wildman–Crippen MR) is 59.6 cm³/mol. The van der Waals surface area contributed by atoms with Gasteiger partial charge in [-0.05, 0) is 23.8 Å². The lowest BCUT2D eigenvalue weighted by molar-refractivity contribution is -0.111. The van der Waals surface area contributed by atoms with Crippen molar-refractivity contribution in [2.45, 2.75) is 6.61 Å². The van der Waals surface area contributed by atoms with E-state index in [1.807, 2.05) is 0 Å². The minimum atomic E-state index is -0.816. The fourth-order valence-corrected chi connectivity index (χ4v) is 1.03. The van der Waals surface area contributed by atoms with Gasteiger partial charge in [0.15, 0.2) is 0 Å². The largest absolute Gasteiger partial charge is 0.445 e. The Hall–Kier alpha value is -2.30. The first-order chi connectivity index (χ1) is 7.61. The number of benzene rings is 1. The summed E-state index contributed by atoms with van der Waals surface area (Å²) in [5.74, 6) is -0.277. The van der Waals surface area contributed by atoms with E-state index in [4.69, 9.17) is 5.73 Å². The van der Waals surface area contributed by atoms with Gasteiger partial charge < -0.3 is 15.8 Å². The zero-order valence-electron chi connectivity index (χ0n) is 8.60. The molecule has 0 saturated heterocycles. The molecular formula is C11H12N2O3. The molecule has 1 aromatic carbocycles. The van der Waals surface area contributed by atoms with Crippen molar-refractivity contribution in [2.24, 2.45) is 5.73 Å². The first-order valence-corrected chi connectivity index (χ1v) is 4.56.